The highest BCUT2D eigenvalue weighted by Gasteiger charge is 2.39. The van der Waals surface area contributed by atoms with E-state index in [1.54, 1.807) is 0 Å². The van der Waals surface area contributed by atoms with Gasteiger partial charge < -0.3 is 4.74 Å². The Labute approximate surface area is 150 Å². The van der Waals surface area contributed by atoms with E-state index in [1.807, 2.05) is 51.1 Å². The second-order valence-electron chi connectivity index (χ2n) is 7.06. The molecule has 0 radical (unpaired) electrons. The Bertz CT molecular complexity index is 674. The number of hydrogen-bond acceptors (Lipinski definition) is 4. The van der Waals surface area contributed by atoms with Gasteiger partial charge in [-0.15, -0.1) is 0 Å². The first-order valence-electron chi connectivity index (χ1n) is 8.76. The number of nitrogens with zero attached hydrogens (tertiary/aromatic N) is 1. The van der Waals surface area contributed by atoms with Gasteiger partial charge in [0.15, 0.2) is 0 Å². The van der Waals surface area contributed by atoms with Crippen molar-refractivity contribution in [3.63, 3.8) is 0 Å². The highest BCUT2D eigenvalue weighted by atomic mass is 32.2. The molecule has 1 aliphatic rings. The summed E-state index contributed by atoms with van der Waals surface area (Å²) in [6.45, 7) is 6.07. The van der Waals surface area contributed by atoms with Crippen LogP contribution >= 0.6 is 0 Å². The van der Waals surface area contributed by atoms with Gasteiger partial charge in [-0.25, -0.2) is 0 Å². The zero-order valence-electron chi connectivity index (χ0n) is 15.2. The monoisotopic (exact) mass is 368 g/mol. The lowest BCUT2D eigenvalue weighted by Crippen LogP contribution is -2.56. The number of benzene rings is 1. The van der Waals surface area contributed by atoms with Crippen molar-refractivity contribution in [2.45, 2.75) is 64.6 Å². The van der Waals surface area contributed by atoms with Gasteiger partial charge in [-0.1, -0.05) is 37.3 Å². The van der Waals surface area contributed by atoms with Crippen molar-refractivity contribution in [2.24, 2.45) is 0 Å². The molecule has 1 saturated heterocycles. The van der Waals surface area contributed by atoms with Crippen molar-refractivity contribution >= 4 is 16.2 Å². The molecule has 1 N–H and O–H groups in total. The van der Waals surface area contributed by atoms with Crippen LogP contribution in [0.15, 0.2) is 30.3 Å². The number of carbonyl (C=O) groups is 1. The van der Waals surface area contributed by atoms with Gasteiger partial charge in [0.25, 0.3) is 10.2 Å². The molecule has 0 aliphatic carbocycles. The fraction of sp³-hybridized carbons (Fsp3) is 0.611. The third kappa shape index (κ3) is 5.52. The Kier molecular flexibility index (Phi) is 6.59. The lowest BCUT2D eigenvalue weighted by molar-refractivity contribution is -0.150. The van der Waals surface area contributed by atoms with Crippen LogP contribution in [0.25, 0.3) is 0 Å². The molecule has 1 unspecified atom stereocenters. The summed E-state index contributed by atoms with van der Waals surface area (Å²) in [5.74, 6) is -0.483. The van der Waals surface area contributed by atoms with Crippen LogP contribution < -0.4 is 4.72 Å². The maximum Gasteiger partial charge on any atom is 0.324 e. The van der Waals surface area contributed by atoms with Crippen LogP contribution in [0.4, 0.5) is 0 Å². The molecule has 0 aromatic heterocycles. The second kappa shape index (κ2) is 8.29. The molecule has 25 heavy (non-hydrogen) atoms. The number of ether oxygens (including phenoxy) is 1. The number of carbonyl (C=O) groups excluding carboxylic acids is 1. The minimum absolute atomic E-state index is 0.151. The van der Waals surface area contributed by atoms with Crippen molar-refractivity contribution in [3.8, 4) is 0 Å². The van der Waals surface area contributed by atoms with Crippen molar-refractivity contribution in [2.75, 3.05) is 6.54 Å². The van der Waals surface area contributed by atoms with E-state index in [4.69, 9.17) is 4.74 Å². The Balaban J connectivity index is 2.07. The average Bonchev–Trinajstić information content (AvgIpc) is 2.60. The molecule has 1 atom stereocenters. The summed E-state index contributed by atoms with van der Waals surface area (Å²) >= 11 is 0. The highest BCUT2D eigenvalue weighted by molar-refractivity contribution is 7.87. The van der Waals surface area contributed by atoms with Gasteiger partial charge >= 0.3 is 5.97 Å². The first-order valence-corrected chi connectivity index (χ1v) is 10.2. The molecule has 140 valence electrons. The largest absolute Gasteiger partial charge is 0.460 e. The highest BCUT2D eigenvalue weighted by Crippen LogP contribution is 2.23. The van der Waals surface area contributed by atoms with Crippen molar-refractivity contribution < 1.29 is 17.9 Å². The average molecular weight is 368 g/mol. The first-order chi connectivity index (χ1) is 11.7. The van der Waals surface area contributed by atoms with Crippen LogP contribution in [0.3, 0.4) is 0 Å². The van der Waals surface area contributed by atoms with Crippen LogP contribution in [-0.2, 0) is 26.3 Å². The summed E-state index contributed by atoms with van der Waals surface area (Å²) in [5.41, 5.74) is 0.320. The molecule has 0 amide bonds. The van der Waals surface area contributed by atoms with E-state index in [0.29, 0.717) is 19.4 Å². The van der Waals surface area contributed by atoms with Crippen molar-refractivity contribution in [1.82, 2.24) is 9.03 Å². The van der Waals surface area contributed by atoms with Gasteiger partial charge in [0.05, 0.1) is 0 Å². The van der Waals surface area contributed by atoms with E-state index < -0.39 is 27.8 Å². The summed E-state index contributed by atoms with van der Waals surface area (Å²) in [6, 6.07) is 8.61. The van der Waals surface area contributed by atoms with E-state index in [2.05, 4.69) is 4.72 Å². The van der Waals surface area contributed by atoms with Gasteiger partial charge in [0.2, 0.25) is 0 Å². The molecule has 1 aliphatic heterocycles. The third-order valence-corrected chi connectivity index (χ3v) is 6.41. The SMILES string of the molecule is CCC(C)(C)NS(=O)(=O)N1CCCCC1C(=O)OCc1ccccc1. The summed E-state index contributed by atoms with van der Waals surface area (Å²) in [5, 5.41) is 0. The lowest BCUT2D eigenvalue weighted by Gasteiger charge is -2.35. The van der Waals surface area contributed by atoms with Crippen molar-refractivity contribution in [1.29, 1.82) is 0 Å². The van der Waals surface area contributed by atoms with Crippen LogP contribution in [0.5, 0.6) is 0 Å². The number of piperidine rings is 1. The van der Waals surface area contributed by atoms with Gasteiger partial charge in [-0.3, -0.25) is 4.79 Å². The van der Waals surface area contributed by atoms with Crippen LogP contribution in [0, 0.1) is 0 Å². The minimum Gasteiger partial charge on any atom is -0.460 e. The Hall–Kier alpha value is -1.44. The van der Waals surface area contributed by atoms with Gasteiger partial charge in [-0.05, 0) is 45.1 Å². The van der Waals surface area contributed by atoms with E-state index >= 15 is 0 Å². The molecular formula is C18H28N2O4S. The Morgan fingerprint density at radius 2 is 1.96 bits per heavy atom. The normalized spacial score (nSPS) is 19.6. The van der Waals surface area contributed by atoms with E-state index in [0.717, 1.165) is 18.4 Å². The van der Waals surface area contributed by atoms with Crippen molar-refractivity contribution in [3.05, 3.63) is 35.9 Å². The molecule has 1 heterocycles. The molecule has 0 saturated carbocycles. The predicted octanol–water partition coefficient (Wildman–Crippen LogP) is 2.61. The second-order valence-corrected chi connectivity index (χ2v) is 8.68. The summed E-state index contributed by atoms with van der Waals surface area (Å²) < 4.78 is 34.9. The maximum absolute atomic E-state index is 12.8. The summed E-state index contributed by atoms with van der Waals surface area (Å²) in [4.78, 5) is 12.5. The molecule has 6 nitrogen and oxygen atoms in total. The number of rotatable bonds is 7. The van der Waals surface area contributed by atoms with Crippen LogP contribution in [0.1, 0.15) is 52.0 Å². The molecule has 0 spiro atoms. The van der Waals surface area contributed by atoms with E-state index in [1.165, 1.54) is 4.31 Å². The van der Waals surface area contributed by atoms with Crippen LogP contribution in [-0.4, -0.2) is 36.8 Å². The molecule has 0 bridgehead atoms. The molecule has 7 heteroatoms. The topological polar surface area (TPSA) is 75.7 Å². The minimum atomic E-state index is -3.75. The molecule has 1 fully saturated rings. The quantitative estimate of drug-likeness (QED) is 0.751. The fourth-order valence-corrected chi connectivity index (χ4v) is 4.59. The number of hydrogen-bond donors (Lipinski definition) is 1. The molecule has 1 aromatic carbocycles. The number of nitrogens with one attached hydrogen (secondary N) is 1. The maximum atomic E-state index is 12.8. The zero-order chi connectivity index (χ0) is 18.5. The molecule has 1 aromatic rings. The number of esters is 1. The molecule has 2 rings (SSSR count). The van der Waals surface area contributed by atoms with E-state index in [-0.39, 0.29) is 6.61 Å². The van der Waals surface area contributed by atoms with Crippen LogP contribution in [0.2, 0.25) is 0 Å². The first kappa shape index (κ1) is 19.9. The van der Waals surface area contributed by atoms with Gasteiger partial charge in [0, 0.05) is 12.1 Å². The molecular weight excluding hydrogens is 340 g/mol. The predicted molar refractivity (Wildman–Crippen MR) is 97.0 cm³/mol. The van der Waals surface area contributed by atoms with Gasteiger partial charge in [-0.2, -0.15) is 17.4 Å². The summed E-state index contributed by atoms with van der Waals surface area (Å²) in [6.07, 6.45) is 2.70. The third-order valence-electron chi connectivity index (χ3n) is 4.55. The Morgan fingerprint density at radius 3 is 2.60 bits per heavy atom. The Morgan fingerprint density at radius 1 is 1.28 bits per heavy atom. The lowest BCUT2D eigenvalue weighted by atomic mass is 10.0. The summed E-state index contributed by atoms with van der Waals surface area (Å²) in [7, 11) is -3.75. The fourth-order valence-electron chi connectivity index (χ4n) is 2.73. The standard InChI is InChI=1S/C18H28N2O4S/c1-4-18(2,3)19-25(22,23)20-13-9-8-12-16(20)17(21)24-14-15-10-6-5-7-11-15/h5-7,10-11,16,19H,4,8-9,12-14H2,1-3H3. The smallest absolute Gasteiger partial charge is 0.324 e. The zero-order valence-corrected chi connectivity index (χ0v) is 16.0. The van der Waals surface area contributed by atoms with E-state index in [9.17, 15) is 13.2 Å². The van der Waals surface area contributed by atoms with Gasteiger partial charge in [0.1, 0.15) is 12.6 Å².